The number of hydrogen-bond acceptors (Lipinski definition) is 4. The molecular weight excluding hydrogens is 505 g/mol. The topological polar surface area (TPSA) is 90.3 Å². The summed E-state index contributed by atoms with van der Waals surface area (Å²) < 4.78 is 96.9. The van der Waals surface area contributed by atoms with Crippen LogP contribution in [0.15, 0.2) is 0 Å². The van der Waals surface area contributed by atoms with Crippen molar-refractivity contribution in [3.63, 3.8) is 0 Å². The molecule has 1 N–H and O–H groups in total. The van der Waals surface area contributed by atoms with Crippen LogP contribution in [0, 0.1) is 40.4 Å². The van der Waals surface area contributed by atoms with Crippen LogP contribution in [-0.2, 0) is 14.8 Å². The normalized spacial score (nSPS) is 39.2. The largest absolute Gasteiger partial charge is 0.350 e. The number of nitriles is 1. The molecule has 1 spiro atoms. The predicted molar refractivity (Wildman–Crippen MR) is 121 cm³/mol. The van der Waals surface area contributed by atoms with Crippen LogP contribution in [0.5, 0.6) is 0 Å². The van der Waals surface area contributed by atoms with E-state index in [4.69, 9.17) is 0 Å². The van der Waals surface area contributed by atoms with Crippen LogP contribution in [0.2, 0.25) is 0 Å². The Morgan fingerprint density at radius 3 is 2.33 bits per heavy atom. The molecule has 0 bridgehead atoms. The van der Waals surface area contributed by atoms with Gasteiger partial charge in [-0.1, -0.05) is 6.42 Å². The Balaban J connectivity index is 1.59. The lowest BCUT2D eigenvalue weighted by Gasteiger charge is -2.42. The highest BCUT2D eigenvalue weighted by atomic mass is 32.2. The van der Waals surface area contributed by atoms with Gasteiger partial charge in [-0.3, -0.25) is 4.79 Å². The molecule has 4 fully saturated rings. The summed E-state index contributed by atoms with van der Waals surface area (Å²) in [5.41, 5.74) is -0.719. The molecule has 4 aliphatic rings. The molecule has 0 aromatic carbocycles. The van der Waals surface area contributed by atoms with E-state index in [0.29, 0.717) is 32.1 Å². The van der Waals surface area contributed by atoms with Crippen molar-refractivity contribution in [1.29, 1.82) is 5.26 Å². The monoisotopic (exact) mass is 539 g/mol. The number of nitrogens with zero attached hydrogens (tertiary/aromatic N) is 2. The van der Waals surface area contributed by atoms with Crippen LogP contribution in [0.25, 0.3) is 0 Å². The molecule has 1 saturated heterocycles. The lowest BCUT2D eigenvalue weighted by molar-refractivity contribution is -0.135. The molecule has 36 heavy (non-hydrogen) atoms. The molecule has 6 unspecified atom stereocenters. The number of alkyl halides is 5. The summed E-state index contributed by atoms with van der Waals surface area (Å²) in [5, 5.41) is 9.28. The van der Waals surface area contributed by atoms with E-state index in [9.17, 15) is 36.0 Å². The fraction of sp³-hybridized carbons (Fsp3) is 0.917. The molecule has 1 heterocycles. The number of carbonyl (C=O) groups excluding carboxylic acids is 1. The number of hydrogen-bond donors (Lipinski definition) is 1. The van der Waals surface area contributed by atoms with E-state index in [1.54, 1.807) is 0 Å². The molecule has 0 aromatic rings. The SMILES string of the molecule is CC(C#N)C(=O)N1CC2(CC2)[C@H](NS(=O)(=O)C(F)F)[C@@H]1CC1CCCC(C2CC(F)CC(F)C2)C1F. The van der Waals surface area contributed by atoms with E-state index in [-0.39, 0.29) is 32.2 Å². The first-order chi connectivity index (χ1) is 16.9. The van der Waals surface area contributed by atoms with Crippen LogP contribution in [0.4, 0.5) is 22.0 Å². The van der Waals surface area contributed by atoms with E-state index >= 15 is 4.39 Å². The van der Waals surface area contributed by atoms with Crippen LogP contribution >= 0.6 is 0 Å². The number of amides is 1. The summed E-state index contributed by atoms with van der Waals surface area (Å²) in [6.07, 6.45) is -1.38. The van der Waals surface area contributed by atoms with Crippen molar-refractivity contribution in [2.45, 2.75) is 101 Å². The third kappa shape index (κ3) is 5.38. The summed E-state index contributed by atoms with van der Waals surface area (Å²) >= 11 is 0. The highest BCUT2D eigenvalue weighted by molar-refractivity contribution is 7.89. The highest BCUT2D eigenvalue weighted by Gasteiger charge is 2.62. The number of likely N-dealkylation sites (tertiary alicyclic amines) is 1. The van der Waals surface area contributed by atoms with Gasteiger partial charge in [0.2, 0.25) is 5.91 Å². The van der Waals surface area contributed by atoms with Crippen molar-refractivity contribution in [1.82, 2.24) is 9.62 Å². The van der Waals surface area contributed by atoms with Crippen LogP contribution in [0.3, 0.4) is 0 Å². The van der Waals surface area contributed by atoms with E-state index in [0.717, 1.165) is 0 Å². The van der Waals surface area contributed by atoms with Gasteiger partial charge in [0, 0.05) is 30.5 Å². The molecule has 8 atom stereocenters. The molecule has 3 aliphatic carbocycles. The molecule has 12 heteroatoms. The zero-order chi connectivity index (χ0) is 26.4. The summed E-state index contributed by atoms with van der Waals surface area (Å²) in [5.74, 6) is -6.83. The van der Waals surface area contributed by atoms with Crippen LogP contribution in [-0.4, -0.2) is 62.1 Å². The Morgan fingerprint density at radius 2 is 1.78 bits per heavy atom. The summed E-state index contributed by atoms with van der Waals surface area (Å²) in [4.78, 5) is 14.4. The van der Waals surface area contributed by atoms with Gasteiger partial charge in [0.25, 0.3) is 10.0 Å². The van der Waals surface area contributed by atoms with Gasteiger partial charge in [-0.2, -0.15) is 14.0 Å². The van der Waals surface area contributed by atoms with Crippen LogP contribution < -0.4 is 4.72 Å². The number of halogens is 5. The molecule has 0 aromatic heterocycles. The Hall–Kier alpha value is -1.48. The van der Waals surface area contributed by atoms with Crippen molar-refractivity contribution in [3.05, 3.63) is 0 Å². The molecule has 204 valence electrons. The zero-order valence-electron chi connectivity index (χ0n) is 20.3. The second kappa shape index (κ2) is 10.4. The van der Waals surface area contributed by atoms with E-state index in [1.807, 2.05) is 6.07 Å². The number of nitrogens with one attached hydrogen (secondary N) is 1. The van der Waals surface area contributed by atoms with Gasteiger partial charge in [0.15, 0.2) is 0 Å². The van der Waals surface area contributed by atoms with Crippen molar-refractivity contribution in [3.8, 4) is 6.07 Å². The van der Waals surface area contributed by atoms with E-state index in [2.05, 4.69) is 4.72 Å². The second-order valence-electron chi connectivity index (χ2n) is 11.3. The van der Waals surface area contributed by atoms with E-state index in [1.165, 1.54) is 11.8 Å². The molecular formula is C24H34F5N3O3S. The second-order valence-corrected chi connectivity index (χ2v) is 13.0. The maximum absolute atomic E-state index is 15.9. The highest BCUT2D eigenvalue weighted by Crippen LogP contribution is 2.57. The molecule has 1 aliphatic heterocycles. The van der Waals surface area contributed by atoms with Crippen molar-refractivity contribution < 1.29 is 35.2 Å². The summed E-state index contributed by atoms with van der Waals surface area (Å²) in [7, 11) is -4.98. The van der Waals surface area contributed by atoms with Crippen molar-refractivity contribution >= 4 is 15.9 Å². The maximum atomic E-state index is 15.9. The maximum Gasteiger partial charge on any atom is 0.350 e. The van der Waals surface area contributed by atoms with Gasteiger partial charge in [0.05, 0.1) is 6.07 Å². The van der Waals surface area contributed by atoms with Gasteiger partial charge in [-0.15, -0.1) is 0 Å². The Morgan fingerprint density at radius 1 is 1.14 bits per heavy atom. The predicted octanol–water partition coefficient (Wildman–Crippen LogP) is 4.27. The third-order valence-corrected chi connectivity index (χ3v) is 10.00. The van der Waals surface area contributed by atoms with Gasteiger partial charge in [-0.05, 0) is 69.6 Å². The van der Waals surface area contributed by atoms with Gasteiger partial charge in [-0.25, -0.2) is 26.3 Å². The van der Waals surface area contributed by atoms with Gasteiger partial charge >= 0.3 is 5.76 Å². The average Bonchev–Trinajstić information content (AvgIpc) is 3.53. The quantitative estimate of drug-likeness (QED) is 0.490. The standard InChI is InChI=1S/C24H34F5N3O3S/c1-13(11-30)22(33)32-12-24(5-6-24)21(31-36(34,35)23(28)29)19(32)9-14-3-2-4-18(20(14)27)15-7-16(25)10-17(26)8-15/h13-21,23,31H,2-10,12H2,1H3/t13?,14?,15?,16?,17?,18?,19-,20?,21+/m0/s1. The van der Waals surface area contributed by atoms with Gasteiger partial charge < -0.3 is 4.90 Å². The van der Waals surface area contributed by atoms with Gasteiger partial charge in [0.1, 0.15) is 24.4 Å². The molecule has 0 radical (unpaired) electrons. The number of sulfonamides is 1. The lowest BCUT2D eigenvalue weighted by atomic mass is 9.67. The molecule has 4 rings (SSSR count). The Kier molecular flexibility index (Phi) is 7.92. The van der Waals surface area contributed by atoms with Crippen molar-refractivity contribution in [2.75, 3.05) is 6.54 Å². The van der Waals surface area contributed by atoms with Crippen LogP contribution in [0.1, 0.15) is 64.7 Å². The zero-order valence-corrected chi connectivity index (χ0v) is 21.1. The molecule has 3 saturated carbocycles. The summed E-state index contributed by atoms with van der Waals surface area (Å²) in [6, 6.07) is -0.0362. The first kappa shape index (κ1) is 27.6. The first-order valence-electron chi connectivity index (χ1n) is 12.8. The third-order valence-electron chi connectivity index (χ3n) is 8.95. The Labute approximate surface area is 209 Å². The summed E-state index contributed by atoms with van der Waals surface area (Å²) in [6.45, 7) is 1.52. The molecule has 1 amide bonds. The number of rotatable bonds is 7. The fourth-order valence-electron chi connectivity index (χ4n) is 6.92. The minimum atomic E-state index is -4.98. The average molecular weight is 540 g/mol. The molecule has 6 nitrogen and oxygen atoms in total. The smallest absolute Gasteiger partial charge is 0.336 e. The lowest BCUT2D eigenvalue weighted by Crippen LogP contribution is -2.52. The minimum Gasteiger partial charge on any atom is -0.336 e. The fourth-order valence-corrected chi connectivity index (χ4v) is 7.79. The minimum absolute atomic E-state index is 0.0323. The Bertz CT molecular complexity index is 963. The van der Waals surface area contributed by atoms with E-state index < -0.39 is 81.4 Å². The van der Waals surface area contributed by atoms with Crippen molar-refractivity contribution in [2.24, 2.45) is 29.1 Å². The number of carbonyl (C=O) groups is 1. The first-order valence-corrected chi connectivity index (χ1v) is 14.3.